The first-order chi connectivity index (χ1) is 9.03. The molecule has 0 bridgehead atoms. The molecule has 0 radical (unpaired) electrons. The van der Waals surface area contributed by atoms with Crippen LogP contribution in [0.2, 0.25) is 0 Å². The molecule has 0 amide bonds. The molecular formula is C15H20F3NO. The van der Waals surface area contributed by atoms with Crippen LogP contribution in [0.25, 0.3) is 0 Å². The molecule has 2 unspecified atom stereocenters. The molecule has 2 nitrogen and oxygen atoms in total. The van der Waals surface area contributed by atoms with Crippen molar-refractivity contribution in [2.24, 2.45) is 11.7 Å². The Kier molecular flexibility index (Phi) is 3.63. The van der Waals surface area contributed by atoms with Crippen molar-refractivity contribution in [1.29, 1.82) is 0 Å². The molecule has 1 aromatic rings. The number of hydrogen-bond donors (Lipinski definition) is 1. The van der Waals surface area contributed by atoms with Crippen LogP contribution in [-0.4, -0.2) is 11.2 Å². The lowest BCUT2D eigenvalue weighted by Crippen LogP contribution is -2.36. The predicted molar refractivity (Wildman–Crippen MR) is 70.6 cm³/mol. The lowest BCUT2D eigenvalue weighted by Gasteiger charge is -2.31. The van der Waals surface area contributed by atoms with E-state index in [0.29, 0.717) is 6.42 Å². The van der Waals surface area contributed by atoms with Gasteiger partial charge in [-0.05, 0) is 51.8 Å². The Labute approximate surface area is 117 Å². The molecule has 1 saturated heterocycles. The molecular weight excluding hydrogens is 267 g/mol. The summed E-state index contributed by atoms with van der Waals surface area (Å²) in [6.45, 7) is 7.71. The Hall–Kier alpha value is -1.07. The Morgan fingerprint density at radius 2 is 1.65 bits per heavy atom. The van der Waals surface area contributed by atoms with Crippen molar-refractivity contribution < 1.29 is 17.9 Å². The van der Waals surface area contributed by atoms with Crippen LogP contribution in [0.1, 0.15) is 45.7 Å². The van der Waals surface area contributed by atoms with E-state index in [4.69, 9.17) is 10.5 Å². The highest BCUT2D eigenvalue weighted by Gasteiger charge is 2.48. The predicted octanol–water partition coefficient (Wildman–Crippen LogP) is 3.70. The quantitative estimate of drug-likeness (QED) is 0.842. The van der Waals surface area contributed by atoms with Crippen molar-refractivity contribution >= 4 is 0 Å². The number of nitrogens with two attached hydrogens (primary N) is 1. The van der Waals surface area contributed by atoms with Gasteiger partial charge in [-0.2, -0.15) is 0 Å². The van der Waals surface area contributed by atoms with Crippen LogP contribution < -0.4 is 5.73 Å². The van der Waals surface area contributed by atoms with E-state index in [1.165, 1.54) is 0 Å². The fourth-order valence-corrected chi connectivity index (χ4v) is 3.16. The molecule has 2 atom stereocenters. The maximum atomic E-state index is 13.3. The molecule has 2 N–H and O–H groups in total. The van der Waals surface area contributed by atoms with E-state index in [-0.39, 0.29) is 17.1 Å². The van der Waals surface area contributed by atoms with Crippen molar-refractivity contribution in [3.8, 4) is 0 Å². The van der Waals surface area contributed by atoms with E-state index < -0.39 is 29.1 Å². The summed E-state index contributed by atoms with van der Waals surface area (Å²) in [5, 5.41) is 0. The zero-order chi connectivity index (χ0) is 15.3. The van der Waals surface area contributed by atoms with Crippen LogP contribution in [0.5, 0.6) is 0 Å². The molecule has 1 fully saturated rings. The molecule has 5 heteroatoms. The normalized spacial score (nSPS) is 25.7. The SMILES string of the molecule is CC1(C)CC(C(N)c2cc(F)c(F)c(F)c2)C(C)(C)O1. The molecule has 1 aliphatic heterocycles. The van der Waals surface area contributed by atoms with Crippen LogP contribution in [0.4, 0.5) is 13.2 Å². The third-order valence-electron chi connectivity index (χ3n) is 3.97. The first-order valence-corrected chi connectivity index (χ1v) is 6.64. The molecule has 0 aliphatic carbocycles. The Balaban J connectivity index is 2.35. The van der Waals surface area contributed by atoms with Crippen molar-refractivity contribution in [3.05, 3.63) is 35.1 Å². The van der Waals surface area contributed by atoms with E-state index in [0.717, 1.165) is 12.1 Å². The van der Waals surface area contributed by atoms with Gasteiger partial charge in [-0.25, -0.2) is 13.2 Å². The summed E-state index contributed by atoms with van der Waals surface area (Å²) in [5.74, 6) is -4.01. The number of ether oxygens (including phenoxy) is 1. The Morgan fingerprint density at radius 3 is 2.05 bits per heavy atom. The standard InChI is InChI=1S/C15H20F3NO/c1-14(2)7-9(15(3,4)20-14)13(19)8-5-10(16)12(18)11(17)6-8/h5-6,9,13H,7,19H2,1-4H3. The minimum absolute atomic E-state index is 0.109. The minimum atomic E-state index is -1.47. The number of halogens is 3. The van der Waals surface area contributed by atoms with Crippen molar-refractivity contribution in [2.75, 3.05) is 0 Å². The van der Waals surface area contributed by atoms with Gasteiger partial charge < -0.3 is 10.5 Å². The fraction of sp³-hybridized carbons (Fsp3) is 0.600. The van der Waals surface area contributed by atoms with Crippen LogP contribution in [0, 0.1) is 23.4 Å². The van der Waals surface area contributed by atoms with Gasteiger partial charge in [-0.15, -0.1) is 0 Å². The zero-order valence-electron chi connectivity index (χ0n) is 12.1. The maximum absolute atomic E-state index is 13.3. The molecule has 1 aromatic carbocycles. The van der Waals surface area contributed by atoms with E-state index >= 15 is 0 Å². The summed E-state index contributed by atoms with van der Waals surface area (Å²) in [6, 6.07) is 1.31. The average Bonchev–Trinajstić information content (AvgIpc) is 2.52. The van der Waals surface area contributed by atoms with E-state index in [1.54, 1.807) is 0 Å². The Bertz CT molecular complexity index is 505. The van der Waals surface area contributed by atoms with Gasteiger partial charge in [0.25, 0.3) is 0 Å². The van der Waals surface area contributed by atoms with Crippen LogP contribution in [0.15, 0.2) is 12.1 Å². The topological polar surface area (TPSA) is 35.2 Å². The fourth-order valence-electron chi connectivity index (χ4n) is 3.16. The first kappa shape index (κ1) is 15.3. The second-order valence-electron chi connectivity index (χ2n) is 6.60. The summed E-state index contributed by atoms with van der Waals surface area (Å²) in [6.07, 6.45) is 0.668. The van der Waals surface area contributed by atoms with Gasteiger partial charge in [-0.1, -0.05) is 0 Å². The second kappa shape index (κ2) is 4.74. The third-order valence-corrected chi connectivity index (χ3v) is 3.97. The number of benzene rings is 1. The van der Waals surface area contributed by atoms with E-state index in [9.17, 15) is 13.2 Å². The van der Waals surface area contributed by atoms with Crippen molar-refractivity contribution in [1.82, 2.24) is 0 Å². The molecule has 1 heterocycles. The van der Waals surface area contributed by atoms with Gasteiger partial charge in [0, 0.05) is 12.0 Å². The molecule has 0 aromatic heterocycles. The highest BCUT2D eigenvalue weighted by molar-refractivity contribution is 5.24. The number of rotatable bonds is 2. The van der Waals surface area contributed by atoms with E-state index in [2.05, 4.69) is 0 Å². The third kappa shape index (κ3) is 2.69. The van der Waals surface area contributed by atoms with E-state index in [1.807, 2.05) is 27.7 Å². The van der Waals surface area contributed by atoms with Crippen LogP contribution in [0.3, 0.4) is 0 Å². The molecule has 2 rings (SSSR count). The van der Waals surface area contributed by atoms with Gasteiger partial charge >= 0.3 is 0 Å². The molecule has 112 valence electrons. The van der Waals surface area contributed by atoms with Gasteiger partial charge in [0.05, 0.1) is 11.2 Å². The first-order valence-electron chi connectivity index (χ1n) is 6.64. The van der Waals surface area contributed by atoms with Crippen molar-refractivity contribution in [3.63, 3.8) is 0 Å². The summed E-state index contributed by atoms with van der Waals surface area (Å²) >= 11 is 0. The molecule has 0 saturated carbocycles. The Morgan fingerprint density at radius 1 is 1.15 bits per heavy atom. The molecule has 20 heavy (non-hydrogen) atoms. The highest BCUT2D eigenvalue weighted by Crippen LogP contribution is 2.46. The summed E-state index contributed by atoms with van der Waals surface area (Å²) in [7, 11) is 0. The highest BCUT2D eigenvalue weighted by atomic mass is 19.2. The van der Waals surface area contributed by atoms with Gasteiger partial charge in [0.2, 0.25) is 0 Å². The summed E-state index contributed by atoms with van der Waals surface area (Å²) in [5.41, 5.74) is 5.55. The lowest BCUT2D eigenvalue weighted by atomic mass is 9.79. The lowest BCUT2D eigenvalue weighted by molar-refractivity contribution is -0.0767. The summed E-state index contributed by atoms with van der Waals surface area (Å²) < 4.78 is 45.6. The maximum Gasteiger partial charge on any atom is 0.194 e. The monoisotopic (exact) mass is 287 g/mol. The smallest absolute Gasteiger partial charge is 0.194 e. The van der Waals surface area contributed by atoms with Crippen molar-refractivity contribution in [2.45, 2.75) is 51.4 Å². The van der Waals surface area contributed by atoms with Gasteiger partial charge in [-0.3, -0.25) is 0 Å². The van der Waals surface area contributed by atoms with Gasteiger partial charge in [0.1, 0.15) is 0 Å². The second-order valence-corrected chi connectivity index (χ2v) is 6.60. The number of hydrogen-bond acceptors (Lipinski definition) is 2. The van der Waals surface area contributed by atoms with Crippen LogP contribution in [-0.2, 0) is 4.74 Å². The molecule has 1 aliphatic rings. The zero-order valence-corrected chi connectivity index (χ0v) is 12.1. The average molecular weight is 287 g/mol. The molecule has 0 spiro atoms. The van der Waals surface area contributed by atoms with Crippen LogP contribution >= 0.6 is 0 Å². The largest absolute Gasteiger partial charge is 0.369 e. The summed E-state index contributed by atoms with van der Waals surface area (Å²) in [4.78, 5) is 0. The minimum Gasteiger partial charge on any atom is -0.369 e. The van der Waals surface area contributed by atoms with Gasteiger partial charge in [0.15, 0.2) is 17.5 Å².